The average molecular weight is 400 g/mol. The lowest BCUT2D eigenvalue weighted by Crippen LogP contribution is -1.93. The molecule has 0 bridgehead atoms. The highest BCUT2D eigenvalue weighted by Crippen LogP contribution is 2.33. The molecule has 0 spiro atoms. The van der Waals surface area contributed by atoms with Gasteiger partial charge in [0, 0.05) is 17.3 Å². The first-order valence-electron chi connectivity index (χ1n) is 9.45. The number of ketones is 1. The van der Waals surface area contributed by atoms with Crippen LogP contribution in [0, 0.1) is 11.3 Å². The van der Waals surface area contributed by atoms with Gasteiger partial charge in [0.05, 0.1) is 34.0 Å². The van der Waals surface area contributed by atoms with Gasteiger partial charge in [-0.2, -0.15) is 5.26 Å². The lowest BCUT2D eigenvalue weighted by atomic mass is 10.1. The number of aromatic nitrogens is 1. The van der Waals surface area contributed by atoms with Crippen LogP contribution >= 0.6 is 11.3 Å². The Morgan fingerprint density at radius 1 is 1.03 bits per heavy atom. The standard InChI is InChI=1S/C22H15N3OS.C2H6/c23-11-10-20(26)21-12-18-19(13-24-14-22(18)27-21)25-17-8-6-16(7-9-17)15-4-2-1-3-5-15;1-2/h1-9,12-14,25H,10H2;1-2H3. The molecule has 0 radical (unpaired) electrons. The number of benzene rings is 2. The van der Waals surface area contributed by atoms with Crippen LogP contribution in [0.1, 0.15) is 29.9 Å². The monoisotopic (exact) mass is 399 g/mol. The number of nitrogens with one attached hydrogen (secondary N) is 1. The first kappa shape index (κ1) is 20.2. The minimum atomic E-state index is -0.156. The van der Waals surface area contributed by atoms with Crippen LogP contribution in [0.4, 0.5) is 11.4 Å². The number of hydrogen-bond donors (Lipinski definition) is 1. The van der Waals surface area contributed by atoms with E-state index >= 15 is 0 Å². The van der Waals surface area contributed by atoms with Crippen molar-refractivity contribution in [2.75, 3.05) is 5.32 Å². The van der Waals surface area contributed by atoms with Crippen molar-refractivity contribution in [2.24, 2.45) is 0 Å². The van der Waals surface area contributed by atoms with Crippen molar-refractivity contribution >= 4 is 38.6 Å². The van der Waals surface area contributed by atoms with Crippen LogP contribution in [0.2, 0.25) is 0 Å². The second-order valence-electron chi connectivity index (χ2n) is 6.04. The highest BCUT2D eigenvalue weighted by molar-refractivity contribution is 7.20. The first-order valence-corrected chi connectivity index (χ1v) is 10.3. The van der Waals surface area contributed by atoms with Gasteiger partial charge in [0.15, 0.2) is 5.78 Å². The molecule has 0 aliphatic heterocycles. The van der Waals surface area contributed by atoms with Crippen LogP contribution in [-0.4, -0.2) is 10.8 Å². The maximum absolute atomic E-state index is 12.0. The highest BCUT2D eigenvalue weighted by Gasteiger charge is 2.12. The van der Waals surface area contributed by atoms with E-state index in [1.807, 2.05) is 56.3 Å². The molecule has 0 aliphatic rings. The fraction of sp³-hybridized carbons (Fsp3) is 0.125. The third-order valence-corrected chi connectivity index (χ3v) is 5.34. The van der Waals surface area contributed by atoms with Crippen molar-refractivity contribution in [3.05, 3.63) is 77.9 Å². The molecule has 0 aliphatic carbocycles. The van der Waals surface area contributed by atoms with Gasteiger partial charge in [-0.25, -0.2) is 0 Å². The summed E-state index contributed by atoms with van der Waals surface area (Å²) in [6.45, 7) is 4.00. The van der Waals surface area contributed by atoms with Crippen LogP contribution in [-0.2, 0) is 0 Å². The van der Waals surface area contributed by atoms with Gasteiger partial charge in [0.1, 0.15) is 0 Å². The summed E-state index contributed by atoms with van der Waals surface area (Å²) in [5.41, 5.74) is 4.11. The molecule has 144 valence electrons. The van der Waals surface area contributed by atoms with Gasteiger partial charge in [0.2, 0.25) is 0 Å². The quantitative estimate of drug-likeness (QED) is 0.374. The number of rotatable bonds is 5. The minimum absolute atomic E-state index is 0.107. The summed E-state index contributed by atoms with van der Waals surface area (Å²) in [6, 6.07) is 22.1. The molecule has 1 N–H and O–H groups in total. The van der Waals surface area contributed by atoms with Gasteiger partial charge in [0.25, 0.3) is 0 Å². The maximum atomic E-state index is 12.0. The number of anilines is 2. The Labute approximate surface area is 174 Å². The van der Waals surface area contributed by atoms with Gasteiger partial charge in [-0.05, 0) is 29.3 Å². The normalized spacial score (nSPS) is 9.97. The molecule has 0 unspecified atom stereocenters. The van der Waals surface area contributed by atoms with Crippen LogP contribution in [0.5, 0.6) is 0 Å². The summed E-state index contributed by atoms with van der Waals surface area (Å²) in [7, 11) is 0. The second kappa shape index (κ2) is 9.63. The number of nitrogens with zero attached hydrogens (tertiary/aromatic N) is 2. The van der Waals surface area contributed by atoms with E-state index in [0.29, 0.717) is 4.88 Å². The molecule has 29 heavy (non-hydrogen) atoms. The first-order chi connectivity index (χ1) is 14.2. The Morgan fingerprint density at radius 2 is 1.72 bits per heavy atom. The fourth-order valence-corrected chi connectivity index (χ4v) is 3.88. The van der Waals surface area contributed by atoms with Crippen LogP contribution < -0.4 is 5.32 Å². The predicted octanol–water partition coefficient (Wildman–Crippen LogP) is 6.83. The van der Waals surface area contributed by atoms with Crippen molar-refractivity contribution in [1.29, 1.82) is 5.26 Å². The van der Waals surface area contributed by atoms with Crippen LogP contribution in [0.25, 0.3) is 21.2 Å². The molecule has 4 aromatic rings. The largest absolute Gasteiger partial charge is 0.354 e. The Morgan fingerprint density at radius 3 is 2.41 bits per heavy atom. The molecule has 2 aromatic heterocycles. The van der Waals surface area contributed by atoms with Crippen molar-refractivity contribution in [2.45, 2.75) is 20.3 Å². The summed E-state index contributed by atoms with van der Waals surface area (Å²) in [5.74, 6) is -0.156. The number of carbonyl (C=O) groups excluding carboxylic acids is 1. The number of thiophene rings is 1. The summed E-state index contributed by atoms with van der Waals surface area (Å²) in [4.78, 5) is 16.9. The van der Waals surface area contributed by atoms with E-state index in [4.69, 9.17) is 5.26 Å². The Kier molecular flexibility index (Phi) is 6.72. The minimum Gasteiger partial charge on any atom is -0.354 e. The van der Waals surface area contributed by atoms with E-state index in [1.54, 1.807) is 12.4 Å². The average Bonchev–Trinajstić information content (AvgIpc) is 3.22. The second-order valence-corrected chi connectivity index (χ2v) is 7.12. The van der Waals surface area contributed by atoms with E-state index in [1.165, 1.54) is 16.9 Å². The summed E-state index contributed by atoms with van der Waals surface area (Å²) >= 11 is 1.37. The zero-order valence-corrected chi connectivity index (χ0v) is 17.2. The third kappa shape index (κ3) is 4.68. The van der Waals surface area contributed by atoms with Gasteiger partial charge in [-0.1, -0.05) is 56.3 Å². The summed E-state index contributed by atoms with van der Waals surface area (Å²) in [6.07, 6.45) is 3.38. The molecule has 0 atom stereocenters. The number of pyridine rings is 1. The molecule has 2 aromatic carbocycles. The smallest absolute Gasteiger partial charge is 0.186 e. The lowest BCUT2D eigenvalue weighted by molar-refractivity contribution is 0.100. The molecule has 0 saturated carbocycles. The van der Waals surface area contributed by atoms with Gasteiger partial charge in [-0.15, -0.1) is 11.3 Å². The summed E-state index contributed by atoms with van der Waals surface area (Å²) in [5, 5.41) is 13.0. The summed E-state index contributed by atoms with van der Waals surface area (Å²) < 4.78 is 0.919. The molecule has 2 heterocycles. The van der Waals surface area contributed by atoms with Gasteiger partial charge < -0.3 is 5.32 Å². The number of carbonyl (C=O) groups is 1. The van der Waals surface area contributed by atoms with Crippen LogP contribution in [0.15, 0.2) is 73.1 Å². The Bertz CT molecular complexity index is 1140. The van der Waals surface area contributed by atoms with Crippen molar-refractivity contribution in [3.63, 3.8) is 0 Å². The van der Waals surface area contributed by atoms with Crippen molar-refractivity contribution in [3.8, 4) is 17.2 Å². The zero-order valence-electron chi connectivity index (χ0n) is 16.3. The number of Topliss-reactive ketones (excluding diaryl/α,β-unsaturated/α-hetero) is 1. The van der Waals surface area contributed by atoms with E-state index < -0.39 is 0 Å². The van der Waals surface area contributed by atoms with E-state index in [9.17, 15) is 4.79 Å². The number of nitriles is 1. The van der Waals surface area contributed by atoms with E-state index in [-0.39, 0.29) is 12.2 Å². The molecule has 4 nitrogen and oxygen atoms in total. The van der Waals surface area contributed by atoms with Gasteiger partial charge in [-0.3, -0.25) is 9.78 Å². The van der Waals surface area contributed by atoms with Crippen LogP contribution in [0.3, 0.4) is 0 Å². The Balaban J connectivity index is 0.00000117. The molecular formula is C24H21N3OS. The van der Waals surface area contributed by atoms with E-state index in [0.717, 1.165) is 27.0 Å². The van der Waals surface area contributed by atoms with Crippen molar-refractivity contribution in [1.82, 2.24) is 4.98 Å². The Hall–Kier alpha value is -3.49. The molecule has 0 saturated heterocycles. The fourth-order valence-electron chi connectivity index (χ4n) is 2.89. The third-order valence-electron chi connectivity index (χ3n) is 4.23. The molecule has 5 heteroatoms. The number of fused-ring (bicyclic) bond motifs is 1. The lowest BCUT2D eigenvalue weighted by Gasteiger charge is -2.08. The SMILES string of the molecule is CC.N#CCC(=O)c1cc2c(Nc3ccc(-c4ccccc4)cc3)cncc2s1. The predicted molar refractivity (Wildman–Crippen MR) is 121 cm³/mol. The highest BCUT2D eigenvalue weighted by atomic mass is 32.1. The number of hydrogen-bond acceptors (Lipinski definition) is 5. The van der Waals surface area contributed by atoms with Crippen molar-refractivity contribution < 1.29 is 4.79 Å². The molecule has 0 fully saturated rings. The molecule has 0 amide bonds. The van der Waals surface area contributed by atoms with E-state index in [2.05, 4.69) is 34.6 Å². The topological polar surface area (TPSA) is 65.8 Å². The maximum Gasteiger partial charge on any atom is 0.186 e. The molecular weight excluding hydrogens is 378 g/mol. The molecule has 4 rings (SSSR count). The van der Waals surface area contributed by atoms with Gasteiger partial charge >= 0.3 is 0 Å². The zero-order chi connectivity index (χ0) is 20.6.